The van der Waals surface area contributed by atoms with Gasteiger partial charge in [-0.3, -0.25) is 9.59 Å². The maximum atomic E-state index is 13.0. The Kier molecular flexibility index (Phi) is 5.95. The lowest BCUT2D eigenvalue weighted by atomic mass is 10.1. The summed E-state index contributed by atoms with van der Waals surface area (Å²) < 4.78 is 13.0. The van der Waals surface area contributed by atoms with Crippen molar-refractivity contribution in [1.82, 2.24) is 5.32 Å². The van der Waals surface area contributed by atoms with Gasteiger partial charge in [0.1, 0.15) is 5.82 Å². The molecule has 1 fully saturated rings. The highest BCUT2D eigenvalue weighted by atomic mass is 19.1. The maximum absolute atomic E-state index is 13.0. The van der Waals surface area contributed by atoms with Gasteiger partial charge in [-0.1, -0.05) is 11.8 Å². The fraction of sp³-hybridized carbons (Fsp3) is 0.273. The summed E-state index contributed by atoms with van der Waals surface area (Å²) in [4.78, 5) is 28.0. The molecule has 28 heavy (non-hydrogen) atoms. The van der Waals surface area contributed by atoms with Crippen molar-refractivity contribution in [1.29, 1.82) is 0 Å². The topological polar surface area (TPSA) is 52.7 Å². The standard InChI is InChI=1S/C22H22FN3O2/c1-25(2)19-9-5-16(6-10-19)4-3-13-24-22(28)17-14-21(27)26(15-17)20-11-7-18(23)8-12-20/h5-12,17H,13-15H2,1-2H3,(H,24,28). The van der Waals surface area contributed by atoms with Crippen LogP contribution in [0.4, 0.5) is 15.8 Å². The van der Waals surface area contributed by atoms with E-state index >= 15 is 0 Å². The van der Waals surface area contributed by atoms with Crippen LogP contribution in [0.25, 0.3) is 0 Å². The highest BCUT2D eigenvalue weighted by Crippen LogP contribution is 2.25. The van der Waals surface area contributed by atoms with Crippen molar-refractivity contribution < 1.29 is 14.0 Å². The van der Waals surface area contributed by atoms with E-state index in [1.54, 1.807) is 12.1 Å². The zero-order valence-corrected chi connectivity index (χ0v) is 15.9. The van der Waals surface area contributed by atoms with Crippen molar-refractivity contribution >= 4 is 23.2 Å². The first kappa shape index (κ1) is 19.4. The first-order valence-corrected chi connectivity index (χ1v) is 9.04. The number of amides is 2. The highest BCUT2D eigenvalue weighted by Gasteiger charge is 2.34. The largest absolute Gasteiger partial charge is 0.378 e. The van der Waals surface area contributed by atoms with Crippen molar-refractivity contribution in [2.75, 3.05) is 37.0 Å². The van der Waals surface area contributed by atoms with Crippen LogP contribution in [0.3, 0.4) is 0 Å². The normalized spacial score (nSPS) is 15.8. The summed E-state index contributed by atoms with van der Waals surface area (Å²) in [6, 6.07) is 13.5. The lowest BCUT2D eigenvalue weighted by Gasteiger charge is -2.16. The molecule has 1 aliphatic rings. The Balaban J connectivity index is 1.52. The molecular formula is C22H22FN3O2. The Morgan fingerprint density at radius 1 is 1.18 bits per heavy atom. The summed E-state index contributed by atoms with van der Waals surface area (Å²) in [5.74, 6) is 4.81. The van der Waals surface area contributed by atoms with Crippen LogP contribution in [-0.2, 0) is 9.59 Å². The van der Waals surface area contributed by atoms with Gasteiger partial charge in [0, 0.05) is 44.0 Å². The molecule has 2 aromatic rings. The Morgan fingerprint density at radius 2 is 1.86 bits per heavy atom. The van der Waals surface area contributed by atoms with Gasteiger partial charge >= 0.3 is 0 Å². The van der Waals surface area contributed by atoms with Crippen LogP contribution in [0.2, 0.25) is 0 Å². The van der Waals surface area contributed by atoms with Crippen LogP contribution in [-0.4, -0.2) is 39.0 Å². The summed E-state index contributed by atoms with van der Waals surface area (Å²) in [6.07, 6.45) is 0.142. The van der Waals surface area contributed by atoms with E-state index in [0.717, 1.165) is 11.3 Å². The quantitative estimate of drug-likeness (QED) is 0.830. The zero-order valence-electron chi connectivity index (χ0n) is 15.9. The fourth-order valence-corrected chi connectivity index (χ4v) is 3.02. The molecule has 1 aliphatic heterocycles. The molecule has 0 bridgehead atoms. The predicted octanol–water partition coefficient (Wildman–Crippen LogP) is 2.41. The number of nitrogens with zero attached hydrogens (tertiary/aromatic N) is 2. The molecule has 1 saturated heterocycles. The number of rotatable bonds is 4. The van der Waals surface area contributed by atoms with Crippen LogP contribution in [0.5, 0.6) is 0 Å². The van der Waals surface area contributed by atoms with Gasteiger partial charge in [0.25, 0.3) is 0 Å². The Hall–Kier alpha value is -3.33. The zero-order chi connectivity index (χ0) is 20.1. The Morgan fingerprint density at radius 3 is 2.50 bits per heavy atom. The molecule has 144 valence electrons. The minimum Gasteiger partial charge on any atom is -0.378 e. The molecule has 1 N–H and O–H groups in total. The summed E-state index contributed by atoms with van der Waals surface area (Å²) >= 11 is 0. The Bertz CT molecular complexity index is 912. The van der Waals surface area contributed by atoms with Gasteiger partial charge in [-0.05, 0) is 48.5 Å². The maximum Gasteiger partial charge on any atom is 0.227 e. The highest BCUT2D eigenvalue weighted by molar-refractivity contribution is 6.00. The summed E-state index contributed by atoms with van der Waals surface area (Å²) in [7, 11) is 3.95. The van der Waals surface area contributed by atoms with E-state index in [0.29, 0.717) is 5.69 Å². The monoisotopic (exact) mass is 379 g/mol. The average molecular weight is 379 g/mol. The van der Waals surface area contributed by atoms with Gasteiger partial charge in [0.15, 0.2) is 0 Å². The summed E-state index contributed by atoms with van der Waals surface area (Å²) in [6.45, 7) is 0.505. The number of halogens is 1. The van der Waals surface area contributed by atoms with Gasteiger partial charge in [0.2, 0.25) is 11.8 Å². The molecule has 0 spiro atoms. The van der Waals surface area contributed by atoms with E-state index in [4.69, 9.17) is 0 Å². The average Bonchev–Trinajstić information content (AvgIpc) is 3.08. The van der Waals surface area contributed by atoms with E-state index in [1.807, 2.05) is 43.3 Å². The van der Waals surface area contributed by atoms with Gasteiger partial charge in [-0.25, -0.2) is 4.39 Å². The molecule has 1 unspecified atom stereocenters. The third kappa shape index (κ3) is 4.68. The van der Waals surface area contributed by atoms with Gasteiger partial charge in [0.05, 0.1) is 12.5 Å². The molecule has 2 aromatic carbocycles. The lowest BCUT2D eigenvalue weighted by Crippen LogP contribution is -2.33. The number of hydrogen-bond donors (Lipinski definition) is 1. The third-order valence-electron chi connectivity index (χ3n) is 4.60. The SMILES string of the molecule is CN(C)c1ccc(C#CCNC(=O)C2CC(=O)N(c3ccc(F)cc3)C2)cc1. The first-order valence-electron chi connectivity index (χ1n) is 9.04. The second kappa shape index (κ2) is 8.57. The molecule has 1 atom stereocenters. The molecule has 0 aromatic heterocycles. The number of carbonyl (C=O) groups is 2. The van der Waals surface area contributed by atoms with Crippen molar-refractivity contribution in [2.24, 2.45) is 5.92 Å². The minimum atomic E-state index is -0.432. The van der Waals surface area contributed by atoms with Crippen molar-refractivity contribution in [3.8, 4) is 11.8 Å². The first-order chi connectivity index (χ1) is 13.4. The van der Waals surface area contributed by atoms with Crippen molar-refractivity contribution in [3.05, 3.63) is 59.9 Å². The van der Waals surface area contributed by atoms with Crippen molar-refractivity contribution in [3.63, 3.8) is 0 Å². The number of hydrogen-bond acceptors (Lipinski definition) is 3. The Labute approximate surface area is 164 Å². The van der Waals surface area contributed by atoms with E-state index in [1.165, 1.54) is 17.0 Å². The summed E-state index contributed by atoms with van der Waals surface area (Å²) in [5.41, 5.74) is 2.57. The van der Waals surface area contributed by atoms with Gasteiger partial charge < -0.3 is 15.1 Å². The molecule has 0 aliphatic carbocycles. The molecule has 5 nitrogen and oxygen atoms in total. The van der Waals surface area contributed by atoms with Crippen LogP contribution in [0, 0.1) is 23.6 Å². The lowest BCUT2D eigenvalue weighted by molar-refractivity contribution is -0.126. The van der Waals surface area contributed by atoms with Crippen LogP contribution in [0.1, 0.15) is 12.0 Å². The van der Waals surface area contributed by atoms with E-state index < -0.39 is 5.92 Å². The van der Waals surface area contributed by atoms with Crippen molar-refractivity contribution in [2.45, 2.75) is 6.42 Å². The minimum absolute atomic E-state index is 0.140. The molecule has 0 saturated carbocycles. The van der Waals surface area contributed by atoms with E-state index in [-0.39, 0.29) is 37.1 Å². The molecule has 2 amide bonds. The molecule has 1 heterocycles. The molecule has 6 heteroatoms. The molecule has 3 rings (SSSR count). The van der Waals surface area contributed by atoms with Gasteiger partial charge in [-0.15, -0.1) is 0 Å². The molecular weight excluding hydrogens is 357 g/mol. The summed E-state index contributed by atoms with van der Waals surface area (Å²) in [5, 5.41) is 2.77. The van der Waals surface area contributed by atoms with Gasteiger partial charge in [-0.2, -0.15) is 0 Å². The number of anilines is 2. The fourth-order valence-electron chi connectivity index (χ4n) is 3.02. The van der Waals surface area contributed by atoms with Crippen LogP contribution < -0.4 is 15.1 Å². The van der Waals surface area contributed by atoms with Crippen LogP contribution in [0.15, 0.2) is 48.5 Å². The van der Waals surface area contributed by atoms with E-state index in [2.05, 4.69) is 17.2 Å². The third-order valence-corrected chi connectivity index (χ3v) is 4.60. The number of nitrogens with one attached hydrogen (secondary N) is 1. The smallest absolute Gasteiger partial charge is 0.227 e. The second-order valence-corrected chi connectivity index (χ2v) is 6.84. The second-order valence-electron chi connectivity index (χ2n) is 6.84. The number of benzene rings is 2. The van der Waals surface area contributed by atoms with Crippen LogP contribution >= 0.6 is 0 Å². The number of carbonyl (C=O) groups excluding carboxylic acids is 2. The van der Waals surface area contributed by atoms with E-state index in [9.17, 15) is 14.0 Å². The predicted molar refractivity (Wildman–Crippen MR) is 108 cm³/mol. The molecule has 0 radical (unpaired) electrons.